The molecule has 134 valence electrons. The molecular weight excluding hydrogens is 382 g/mol. The van der Waals surface area contributed by atoms with Gasteiger partial charge >= 0.3 is 0 Å². The van der Waals surface area contributed by atoms with Gasteiger partial charge in [-0.05, 0) is 37.3 Å². The summed E-state index contributed by atoms with van der Waals surface area (Å²) in [5, 5.41) is 0.664. The van der Waals surface area contributed by atoms with Crippen molar-refractivity contribution in [1.82, 2.24) is 9.55 Å². The van der Waals surface area contributed by atoms with Crippen LogP contribution in [0, 0.1) is 12.7 Å². The van der Waals surface area contributed by atoms with Crippen LogP contribution in [-0.4, -0.2) is 9.55 Å². The molecule has 0 aliphatic rings. The van der Waals surface area contributed by atoms with Gasteiger partial charge in [-0.1, -0.05) is 65.2 Å². The summed E-state index contributed by atoms with van der Waals surface area (Å²) < 4.78 is 16.7. The monoisotopic (exact) mass is 396 g/mol. The molecule has 4 rings (SSSR count). The molecule has 1 heterocycles. The normalized spacial score (nSPS) is 11.0. The number of aromatic nitrogens is 2. The summed E-state index contributed by atoms with van der Waals surface area (Å²) in [4.78, 5) is 4.59. The number of benzene rings is 3. The highest BCUT2D eigenvalue weighted by atomic mass is 35.5. The van der Waals surface area contributed by atoms with Gasteiger partial charge in [0.15, 0.2) is 5.82 Å². The highest BCUT2D eigenvalue weighted by Gasteiger charge is 2.19. The van der Waals surface area contributed by atoms with Crippen molar-refractivity contribution in [3.8, 4) is 28.3 Å². The van der Waals surface area contributed by atoms with Crippen molar-refractivity contribution >= 4 is 23.2 Å². The molecule has 0 aliphatic heterocycles. The molecule has 0 bridgehead atoms. The van der Waals surface area contributed by atoms with Crippen LogP contribution in [0.1, 0.15) is 5.56 Å². The molecule has 0 amide bonds. The van der Waals surface area contributed by atoms with Crippen LogP contribution >= 0.6 is 23.2 Å². The Balaban J connectivity index is 2.03. The average molecular weight is 397 g/mol. The van der Waals surface area contributed by atoms with Gasteiger partial charge in [-0.25, -0.2) is 9.37 Å². The molecular formula is C22H15Cl2FN2. The summed E-state index contributed by atoms with van der Waals surface area (Å²) >= 11 is 12.2. The molecule has 0 fully saturated rings. The minimum absolute atomic E-state index is 0.0634. The maximum atomic E-state index is 14.9. The van der Waals surface area contributed by atoms with Crippen LogP contribution in [0.3, 0.4) is 0 Å². The maximum Gasteiger partial charge on any atom is 0.165 e. The van der Waals surface area contributed by atoms with Crippen LogP contribution in [0.25, 0.3) is 28.3 Å². The molecule has 0 N–H and O–H groups in total. The molecule has 0 spiro atoms. The first kappa shape index (κ1) is 17.8. The minimum Gasteiger partial charge on any atom is -0.289 e. The van der Waals surface area contributed by atoms with Gasteiger partial charge < -0.3 is 0 Å². The van der Waals surface area contributed by atoms with E-state index in [0.717, 1.165) is 22.4 Å². The van der Waals surface area contributed by atoms with Crippen LogP contribution in [-0.2, 0) is 0 Å². The smallest absolute Gasteiger partial charge is 0.165 e. The summed E-state index contributed by atoms with van der Waals surface area (Å²) in [6.45, 7) is 2.01. The van der Waals surface area contributed by atoms with Crippen molar-refractivity contribution in [2.45, 2.75) is 6.92 Å². The van der Waals surface area contributed by atoms with E-state index < -0.39 is 5.82 Å². The Morgan fingerprint density at radius 3 is 2.41 bits per heavy atom. The molecule has 0 radical (unpaired) electrons. The molecule has 0 saturated carbocycles. The Labute approximate surface area is 166 Å². The van der Waals surface area contributed by atoms with Crippen molar-refractivity contribution in [2.24, 2.45) is 0 Å². The Morgan fingerprint density at radius 2 is 1.63 bits per heavy atom. The lowest BCUT2D eigenvalue weighted by atomic mass is 10.1. The second kappa shape index (κ2) is 7.18. The third-order valence-electron chi connectivity index (χ3n) is 4.33. The van der Waals surface area contributed by atoms with Gasteiger partial charge in [-0.3, -0.25) is 4.57 Å². The van der Waals surface area contributed by atoms with Gasteiger partial charge in [-0.2, -0.15) is 0 Å². The Bertz CT molecular complexity index is 1070. The van der Waals surface area contributed by atoms with E-state index in [2.05, 4.69) is 4.98 Å². The lowest BCUT2D eigenvalue weighted by Crippen LogP contribution is -2.03. The third kappa shape index (κ3) is 3.36. The first-order valence-corrected chi connectivity index (χ1v) is 9.15. The van der Waals surface area contributed by atoms with Crippen LogP contribution in [0.4, 0.5) is 4.39 Å². The van der Waals surface area contributed by atoms with E-state index in [1.165, 1.54) is 6.07 Å². The number of aryl methyl sites for hydroxylation is 1. The van der Waals surface area contributed by atoms with Crippen LogP contribution in [0.2, 0.25) is 10.0 Å². The molecule has 4 aromatic rings. The number of nitrogens with zero attached hydrogens (tertiary/aromatic N) is 2. The van der Waals surface area contributed by atoms with E-state index in [1.54, 1.807) is 29.0 Å². The molecule has 0 aliphatic carbocycles. The van der Waals surface area contributed by atoms with Crippen LogP contribution < -0.4 is 0 Å². The molecule has 2 nitrogen and oxygen atoms in total. The molecule has 0 unspecified atom stereocenters. The van der Waals surface area contributed by atoms with Crippen molar-refractivity contribution in [1.29, 1.82) is 0 Å². The van der Waals surface area contributed by atoms with E-state index in [1.807, 2.05) is 49.4 Å². The van der Waals surface area contributed by atoms with Crippen LogP contribution in [0.15, 0.2) is 72.9 Å². The molecule has 27 heavy (non-hydrogen) atoms. The number of rotatable bonds is 3. The largest absolute Gasteiger partial charge is 0.289 e. The summed E-state index contributed by atoms with van der Waals surface area (Å²) in [7, 11) is 0. The number of hydrogen-bond acceptors (Lipinski definition) is 1. The summed E-state index contributed by atoms with van der Waals surface area (Å²) in [5.74, 6) is 0.143. The van der Waals surface area contributed by atoms with Crippen molar-refractivity contribution in [2.75, 3.05) is 0 Å². The fourth-order valence-electron chi connectivity index (χ4n) is 3.10. The molecule has 5 heteroatoms. The fourth-order valence-corrected chi connectivity index (χ4v) is 3.46. The second-order valence-electron chi connectivity index (χ2n) is 6.26. The second-order valence-corrected chi connectivity index (χ2v) is 7.10. The fraction of sp³-hybridized carbons (Fsp3) is 0.0455. The molecule has 0 atom stereocenters. The zero-order valence-electron chi connectivity index (χ0n) is 14.5. The van der Waals surface area contributed by atoms with E-state index in [0.29, 0.717) is 16.5 Å². The van der Waals surface area contributed by atoms with Crippen molar-refractivity contribution in [3.63, 3.8) is 0 Å². The Morgan fingerprint density at radius 1 is 0.889 bits per heavy atom. The highest BCUT2D eigenvalue weighted by Crippen LogP contribution is 2.34. The molecule has 3 aromatic carbocycles. The SMILES string of the molecule is Cc1cccc(-c2ncc(-c3cccc(Cl)c3)n2-c2cccc(Cl)c2F)c1. The Kier molecular flexibility index (Phi) is 4.73. The predicted molar refractivity (Wildman–Crippen MR) is 109 cm³/mol. The van der Waals surface area contributed by atoms with Gasteiger partial charge in [0.25, 0.3) is 0 Å². The molecule has 0 saturated heterocycles. The maximum absolute atomic E-state index is 14.9. The zero-order valence-corrected chi connectivity index (χ0v) is 16.0. The number of hydrogen-bond donors (Lipinski definition) is 0. The van der Waals surface area contributed by atoms with Gasteiger partial charge in [0.1, 0.15) is 5.82 Å². The third-order valence-corrected chi connectivity index (χ3v) is 4.86. The standard InChI is InChI=1S/C22H15Cl2FN2/c1-14-5-2-7-16(11-14)22-26-13-20(15-6-3-8-17(23)12-15)27(22)19-10-4-9-18(24)21(19)25/h2-13H,1H3. The first-order chi connectivity index (χ1) is 13.0. The van der Waals surface area contributed by atoms with E-state index in [4.69, 9.17) is 23.2 Å². The lowest BCUT2D eigenvalue weighted by molar-refractivity contribution is 0.619. The molecule has 1 aromatic heterocycles. The van der Waals surface area contributed by atoms with Crippen molar-refractivity contribution in [3.05, 3.63) is 94.4 Å². The summed E-state index contributed by atoms with van der Waals surface area (Å²) in [6.07, 6.45) is 1.73. The van der Waals surface area contributed by atoms with Crippen LogP contribution in [0.5, 0.6) is 0 Å². The quantitative estimate of drug-likeness (QED) is 0.365. The average Bonchev–Trinajstić information content (AvgIpc) is 3.09. The van der Waals surface area contributed by atoms with Gasteiger partial charge in [-0.15, -0.1) is 0 Å². The number of halogens is 3. The lowest BCUT2D eigenvalue weighted by Gasteiger charge is -2.14. The predicted octanol–water partition coefficient (Wildman–Crippen LogP) is 6.96. The first-order valence-electron chi connectivity index (χ1n) is 8.39. The summed E-state index contributed by atoms with van der Waals surface area (Å²) in [6, 6.07) is 20.3. The van der Waals surface area contributed by atoms with Crippen molar-refractivity contribution < 1.29 is 4.39 Å². The van der Waals surface area contributed by atoms with Gasteiger partial charge in [0.05, 0.1) is 22.6 Å². The highest BCUT2D eigenvalue weighted by molar-refractivity contribution is 6.31. The summed E-state index contributed by atoms with van der Waals surface area (Å²) in [5.41, 5.74) is 3.90. The van der Waals surface area contributed by atoms with Gasteiger partial charge in [0, 0.05) is 16.1 Å². The van der Waals surface area contributed by atoms with E-state index in [-0.39, 0.29) is 5.02 Å². The zero-order chi connectivity index (χ0) is 19.0. The van der Waals surface area contributed by atoms with Gasteiger partial charge in [0.2, 0.25) is 0 Å². The van der Waals surface area contributed by atoms with E-state index >= 15 is 0 Å². The van der Waals surface area contributed by atoms with E-state index in [9.17, 15) is 4.39 Å². The Hall–Kier alpha value is -2.62. The minimum atomic E-state index is -0.491. The number of imidazole rings is 1. The topological polar surface area (TPSA) is 17.8 Å².